The molecular formula is C14H22N2O. The van der Waals surface area contributed by atoms with Gasteiger partial charge in [0.05, 0.1) is 12.6 Å². The van der Waals surface area contributed by atoms with E-state index in [1.807, 2.05) is 6.92 Å². The molecule has 1 saturated heterocycles. The lowest BCUT2D eigenvalue weighted by atomic mass is 9.99. The molecule has 17 heavy (non-hydrogen) atoms. The second-order valence-electron chi connectivity index (χ2n) is 4.90. The van der Waals surface area contributed by atoms with E-state index in [0.717, 1.165) is 19.6 Å². The van der Waals surface area contributed by atoms with Crippen molar-refractivity contribution in [1.82, 2.24) is 5.06 Å². The third-order valence-corrected chi connectivity index (χ3v) is 3.26. The van der Waals surface area contributed by atoms with Crippen LogP contribution in [0.3, 0.4) is 0 Å². The SMILES string of the molecule is Cc1ccc(C(C(C)N)N2CCCCO2)cc1. The number of hydrogen-bond acceptors (Lipinski definition) is 3. The van der Waals surface area contributed by atoms with E-state index in [-0.39, 0.29) is 12.1 Å². The molecule has 1 aromatic rings. The van der Waals surface area contributed by atoms with Gasteiger partial charge >= 0.3 is 0 Å². The molecule has 1 aliphatic rings. The average Bonchev–Trinajstić information content (AvgIpc) is 2.33. The van der Waals surface area contributed by atoms with Crippen LogP contribution in [-0.4, -0.2) is 24.3 Å². The van der Waals surface area contributed by atoms with Crippen LogP contribution in [0.25, 0.3) is 0 Å². The lowest BCUT2D eigenvalue weighted by Crippen LogP contribution is -2.42. The van der Waals surface area contributed by atoms with E-state index < -0.39 is 0 Å². The molecule has 2 rings (SSSR count). The quantitative estimate of drug-likeness (QED) is 0.873. The molecule has 1 heterocycles. The van der Waals surface area contributed by atoms with Gasteiger partial charge in [0.2, 0.25) is 0 Å². The molecular weight excluding hydrogens is 212 g/mol. The lowest BCUT2D eigenvalue weighted by Gasteiger charge is -2.36. The van der Waals surface area contributed by atoms with Gasteiger partial charge in [0.15, 0.2) is 0 Å². The Kier molecular flexibility index (Phi) is 4.15. The highest BCUT2D eigenvalue weighted by atomic mass is 16.7. The van der Waals surface area contributed by atoms with Crippen molar-refractivity contribution in [3.8, 4) is 0 Å². The summed E-state index contributed by atoms with van der Waals surface area (Å²) in [5.74, 6) is 0. The first kappa shape index (κ1) is 12.6. The molecule has 94 valence electrons. The third kappa shape index (κ3) is 3.06. The van der Waals surface area contributed by atoms with Crippen LogP contribution < -0.4 is 5.73 Å². The molecule has 0 aromatic heterocycles. The van der Waals surface area contributed by atoms with Crippen LogP contribution in [0.15, 0.2) is 24.3 Å². The zero-order chi connectivity index (χ0) is 12.3. The molecule has 2 atom stereocenters. The summed E-state index contributed by atoms with van der Waals surface area (Å²) >= 11 is 0. The second kappa shape index (κ2) is 5.63. The Labute approximate surface area is 104 Å². The zero-order valence-corrected chi connectivity index (χ0v) is 10.7. The smallest absolute Gasteiger partial charge is 0.0750 e. The molecule has 1 aromatic carbocycles. The third-order valence-electron chi connectivity index (χ3n) is 3.26. The Morgan fingerprint density at radius 1 is 1.24 bits per heavy atom. The molecule has 0 radical (unpaired) electrons. The molecule has 2 N–H and O–H groups in total. The molecule has 2 unspecified atom stereocenters. The minimum absolute atomic E-state index is 0.0656. The Hall–Kier alpha value is -0.900. The fourth-order valence-electron chi connectivity index (χ4n) is 2.33. The number of nitrogens with zero attached hydrogens (tertiary/aromatic N) is 1. The molecule has 0 spiro atoms. The van der Waals surface area contributed by atoms with Gasteiger partial charge in [-0.1, -0.05) is 29.8 Å². The molecule has 3 nitrogen and oxygen atoms in total. The molecule has 3 heteroatoms. The maximum Gasteiger partial charge on any atom is 0.0750 e. The van der Waals surface area contributed by atoms with Gasteiger partial charge in [-0.25, -0.2) is 0 Å². The maximum atomic E-state index is 6.12. The predicted molar refractivity (Wildman–Crippen MR) is 69.5 cm³/mol. The van der Waals surface area contributed by atoms with Crippen LogP contribution in [0.4, 0.5) is 0 Å². The van der Waals surface area contributed by atoms with E-state index in [2.05, 4.69) is 36.3 Å². The number of benzene rings is 1. The maximum absolute atomic E-state index is 6.12. The Bertz CT molecular complexity index is 342. The van der Waals surface area contributed by atoms with Crippen molar-refractivity contribution in [2.45, 2.75) is 38.8 Å². The molecule has 1 fully saturated rings. The number of rotatable bonds is 3. The van der Waals surface area contributed by atoms with Crippen molar-refractivity contribution in [1.29, 1.82) is 0 Å². The first-order chi connectivity index (χ1) is 8.18. The summed E-state index contributed by atoms with van der Waals surface area (Å²) in [5.41, 5.74) is 8.63. The van der Waals surface area contributed by atoms with Gasteiger partial charge < -0.3 is 5.73 Å². The van der Waals surface area contributed by atoms with Gasteiger partial charge in [-0.2, -0.15) is 5.06 Å². The van der Waals surface area contributed by atoms with E-state index in [9.17, 15) is 0 Å². The molecule has 0 bridgehead atoms. The number of nitrogens with two attached hydrogens (primary N) is 1. The van der Waals surface area contributed by atoms with Crippen molar-refractivity contribution in [2.24, 2.45) is 5.73 Å². The Morgan fingerprint density at radius 2 is 1.94 bits per heavy atom. The largest absolute Gasteiger partial charge is 0.326 e. The molecule has 0 amide bonds. The molecule has 1 aliphatic heterocycles. The summed E-state index contributed by atoms with van der Waals surface area (Å²) < 4.78 is 0. The molecule has 0 aliphatic carbocycles. The average molecular weight is 234 g/mol. The van der Waals surface area contributed by atoms with Crippen LogP contribution in [0.1, 0.15) is 36.9 Å². The fourth-order valence-corrected chi connectivity index (χ4v) is 2.33. The first-order valence-corrected chi connectivity index (χ1v) is 6.40. The first-order valence-electron chi connectivity index (χ1n) is 6.40. The van der Waals surface area contributed by atoms with Crippen molar-refractivity contribution < 1.29 is 4.84 Å². The van der Waals surface area contributed by atoms with Crippen LogP contribution >= 0.6 is 0 Å². The van der Waals surface area contributed by atoms with Crippen molar-refractivity contribution in [3.63, 3.8) is 0 Å². The van der Waals surface area contributed by atoms with E-state index in [1.165, 1.54) is 17.5 Å². The number of hydroxylamine groups is 2. The van der Waals surface area contributed by atoms with Crippen molar-refractivity contribution >= 4 is 0 Å². The van der Waals surface area contributed by atoms with E-state index >= 15 is 0 Å². The zero-order valence-electron chi connectivity index (χ0n) is 10.7. The summed E-state index contributed by atoms with van der Waals surface area (Å²) in [4.78, 5) is 5.74. The van der Waals surface area contributed by atoms with E-state index in [1.54, 1.807) is 0 Å². The van der Waals surface area contributed by atoms with Crippen molar-refractivity contribution in [2.75, 3.05) is 13.2 Å². The number of hydrogen-bond donors (Lipinski definition) is 1. The standard InChI is InChI=1S/C14H22N2O/c1-11-5-7-13(8-6-11)14(12(2)15)16-9-3-4-10-17-16/h5-8,12,14H,3-4,9-10,15H2,1-2H3. The normalized spacial score (nSPS) is 21.1. The Balaban J connectivity index is 2.18. The topological polar surface area (TPSA) is 38.5 Å². The van der Waals surface area contributed by atoms with Crippen molar-refractivity contribution in [3.05, 3.63) is 35.4 Å². The van der Waals surface area contributed by atoms with Crippen LogP contribution in [0, 0.1) is 6.92 Å². The van der Waals surface area contributed by atoms with Crippen LogP contribution in [-0.2, 0) is 4.84 Å². The molecule has 0 saturated carbocycles. The summed E-state index contributed by atoms with van der Waals surface area (Å²) in [5, 5.41) is 2.05. The van der Waals surface area contributed by atoms with Gasteiger partial charge in [0.1, 0.15) is 0 Å². The monoisotopic (exact) mass is 234 g/mol. The van der Waals surface area contributed by atoms with Gasteiger partial charge in [-0.3, -0.25) is 4.84 Å². The van der Waals surface area contributed by atoms with E-state index in [0.29, 0.717) is 0 Å². The van der Waals surface area contributed by atoms with Crippen LogP contribution in [0.5, 0.6) is 0 Å². The minimum atomic E-state index is 0.0656. The van der Waals surface area contributed by atoms with Gasteiger partial charge in [0.25, 0.3) is 0 Å². The van der Waals surface area contributed by atoms with Gasteiger partial charge in [-0.15, -0.1) is 0 Å². The van der Waals surface area contributed by atoms with Gasteiger partial charge in [-0.05, 0) is 32.3 Å². The minimum Gasteiger partial charge on any atom is -0.326 e. The number of aryl methyl sites for hydroxylation is 1. The van der Waals surface area contributed by atoms with Crippen LogP contribution in [0.2, 0.25) is 0 Å². The summed E-state index contributed by atoms with van der Waals surface area (Å²) in [6.07, 6.45) is 2.34. The lowest BCUT2D eigenvalue weighted by molar-refractivity contribution is -0.211. The Morgan fingerprint density at radius 3 is 2.47 bits per heavy atom. The summed E-state index contributed by atoms with van der Waals surface area (Å²) in [6.45, 7) is 5.93. The highest BCUT2D eigenvalue weighted by Gasteiger charge is 2.26. The predicted octanol–water partition coefficient (Wildman–Crippen LogP) is 2.41. The summed E-state index contributed by atoms with van der Waals surface area (Å²) in [7, 11) is 0. The fraction of sp³-hybridized carbons (Fsp3) is 0.571. The van der Waals surface area contributed by atoms with E-state index in [4.69, 9.17) is 10.6 Å². The van der Waals surface area contributed by atoms with Gasteiger partial charge in [0, 0.05) is 12.6 Å². The summed E-state index contributed by atoms with van der Waals surface area (Å²) in [6, 6.07) is 8.80. The highest BCUT2D eigenvalue weighted by Crippen LogP contribution is 2.26. The highest BCUT2D eigenvalue weighted by molar-refractivity contribution is 5.25. The second-order valence-corrected chi connectivity index (χ2v) is 4.90.